The Hall–Kier alpha value is -3.88. The van der Waals surface area contributed by atoms with Crippen molar-refractivity contribution < 1.29 is 29.0 Å². The molecule has 2 amide bonds. The summed E-state index contributed by atoms with van der Waals surface area (Å²) in [5, 5.41) is 14.3. The Bertz CT molecular complexity index is 1000. The lowest BCUT2D eigenvalue weighted by atomic mass is 9.97. The predicted octanol–water partition coefficient (Wildman–Crippen LogP) is 3.69. The number of amides is 2. The number of nitrogens with zero attached hydrogens (tertiary/aromatic N) is 1. The van der Waals surface area contributed by atoms with E-state index in [1.165, 1.54) is 0 Å². The van der Waals surface area contributed by atoms with Crippen LogP contribution in [0, 0.1) is 0 Å². The normalized spacial score (nSPS) is 15.6. The number of alkyl carbamates (subject to hydrolysis) is 1. The van der Waals surface area contributed by atoms with E-state index in [4.69, 9.17) is 14.6 Å². The van der Waals surface area contributed by atoms with Crippen LogP contribution in [-0.2, 0) is 14.3 Å². The summed E-state index contributed by atoms with van der Waals surface area (Å²) in [4.78, 5) is 40.3. The molecule has 0 saturated heterocycles. The van der Waals surface area contributed by atoms with Crippen LogP contribution >= 0.6 is 0 Å². The second kappa shape index (κ2) is 12.4. The maximum absolute atomic E-state index is 13.3. The quantitative estimate of drug-likeness (QED) is 0.506. The summed E-state index contributed by atoms with van der Waals surface area (Å²) in [6.45, 7) is 6.77. The zero-order chi connectivity index (χ0) is 25.1. The number of carboxylic acid groups (broad SMARTS) is 1. The first kappa shape index (κ1) is 26.4. The van der Waals surface area contributed by atoms with E-state index < -0.39 is 30.2 Å². The smallest absolute Gasteiger partial charge is 0.407 e. The van der Waals surface area contributed by atoms with Crippen LogP contribution in [0.2, 0.25) is 0 Å². The molecule has 1 aliphatic rings. The molecule has 34 heavy (non-hydrogen) atoms. The van der Waals surface area contributed by atoms with E-state index in [1.807, 2.05) is 19.1 Å². The molecule has 1 aliphatic heterocycles. The maximum Gasteiger partial charge on any atom is 0.407 e. The molecule has 1 aromatic carbocycles. The van der Waals surface area contributed by atoms with E-state index in [0.29, 0.717) is 17.0 Å². The SMILES string of the molecule is CCC1=C/C(NC(=O)C(CNC(=O)OC(C)(C)C)c2ccc(OCC(=O)O)cc2)=C\C=NC=C1. The van der Waals surface area contributed by atoms with Gasteiger partial charge in [0.25, 0.3) is 0 Å². The van der Waals surface area contributed by atoms with Crippen molar-refractivity contribution in [1.29, 1.82) is 0 Å². The van der Waals surface area contributed by atoms with Crippen LogP contribution in [0.4, 0.5) is 4.79 Å². The molecule has 3 N–H and O–H groups in total. The van der Waals surface area contributed by atoms with E-state index in [-0.39, 0.29) is 12.5 Å². The fourth-order valence-electron chi connectivity index (χ4n) is 2.94. The van der Waals surface area contributed by atoms with Gasteiger partial charge in [0.05, 0.1) is 5.92 Å². The minimum absolute atomic E-state index is 0.0122. The number of hydrogen-bond acceptors (Lipinski definition) is 6. The Kier molecular flexibility index (Phi) is 9.61. The van der Waals surface area contributed by atoms with E-state index >= 15 is 0 Å². The summed E-state index contributed by atoms with van der Waals surface area (Å²) >= 11 is 0. The second-order valence-corrected chi connectivity index (χ2v) is 8.48. The van der Waals surface area contributed by atoms with Crippen molar-refractivity contribution in [3.8, 4) is 5.75 Å². The van der Waals surface area contributed by atoms with Crippen LogP contribution in [0.3, 0.4) is 0 Å². The van der Waals surface area contributed by atoms with Crippen LogP contribution in [0.15, 0.2) is 65.0 Å². The lowest BCUT2D eigenvalue weighted by Crippen LogP contribution is -2.39. The highest BCUT2D eigenvalue weighted by molar-refractivity contribution is 5.87. The third-order valence-electron chi connectivity index (χ3n) is 4.54. The summed E-state index contributed by atoms with van der Waals surface area (Å²) in [5.74, 6) is -1.83. The molecule has 0 aromatic heterocycles. The zero-order valence-electron chi connectivity index (χ0n) is 19.8. The summed E-state index contributed by atoms with van der Waals surface area (Å²) < 4.78 is 10.4. The van der Waals surface area contributed by atoms with Gasteiger partial charge in [0.15, 0.2) is 6.61 Å². The van der Waals surface area contributed by atoms with Gasteiger partial charge in [-0.15, -0.1) is 0 Å². The van der Waals surface area contributed by atoms with Gasteiger partial charge in [-0.25, -0.2) is 9.59 Å². The molecule has 182 valence electrons. The first-order valence-corrected chi connectivity index (χ1v) is 10.9. The first-order valence-electron chi connectivity index (χ1n) is 10.9. The van der Waals surface area contributed by atoms with Crippen LogP contribution in [0.5, 0.6) is 5.75 Å². The number of allylic oxidation sites excluding steroid dienone is 4. The molecule has 1 aromatic rings. The lowest BCUT2D eigenvalue weighted by molar-refractivity contribution is -0.139. The van der Waals surface area contributed by atoms with Gasteiger partial charge in [0, 0.05) is 24.7 Å². The third-order valence-corrected chi connectivity index (χ3v) is 4.54. The Labute approximate surface area is 199 Å². The van der Waals surface area contributed by atoms with Crippen molar-refractivity contribution >= 4 is 24.2 Å². The molecular formula is C25H31N3O6. The molecule has 1 unspecified atom stereocenters. The molecule has 9 heteroatoms. The van der Waals surface area contributed by atoms with Crippen molar-refractivity contribution in [1.82, 2.24) is 10.6 Å². The Morgan fingerprint density at radius 3 is 2.47 bits per heavy atom. The molecule has 9 nitrogen and oxygen atoms in total. The number of aliphatic imine (C=N–C) groups is 1. The van der Waals surface area contributed by atoms with Gasteiger partial charge in [0.2, 0.25) is 5.91 Å². The number of ether oxygens (including phenoxy) is 2. The third kappa shape index (κ3) is 9.32. The molecule has 0 saturated carbocycles. The van der Waals surface area contributed by atoms with E-state index in [9.17, 15) is 14.4 Å². The van der Waals surface area contributed by atoms with Gasteiger partial charge >= 0.3 is 12.1 Å². The number of benzene rings is 1. The molecule has 0 aliphatic carbocycles. The number of nitrogens with one attached hydrogen (secondary N) is 2. The Morgan fingerprint density at radius 2 is 1.85 bits per heavy atom. The van der Waals surface area contributed by atoms with Crippen molar-refractivity contribution in [2.75, 3.05) is 13.2 Å². The monoisotopic (exact) mass is 469 g/mol. The van der Waals surface area contributed by atoms with Gasteiger partial charge < -0.3 is 25.2 Å². The van der Waals surface area contributed by atoms with E-state index in [0.717, 1.165) is 12.0 Å². The number of carboxylic acids is 1. The van der Waals surface area contributed by atoms with Gasteiger partial charge in [-0.05, 0) is 68.7 Å². The first-order chi connectivity index (χ1) is 16.1. The van der Waals surface area contributed by atoms with Crippen molar-refractivity contribution in [3.63, 3.8) is 0 Å². The molecule has 2 rings (SSSR count). The summed E-state index contributed by atoms with van der Waals surface area (Å²) in [6, 6.07) is 6.46. The van der Waals surface area contributed by atoms with Crippen molar-refractivity contribution in [2.45, 2.75) is 45.6 Å². The highest BCUT2D eigenvalue weighted by Gasteiger charge is 2.24. The van der Waals surface area contributed by atoms with Crippen molar-refractivity contribution in [2.24, 2.45) is 4.99 Å². The zero-order valence-corrected chi connectivity index (χ0v) is 19.8. The molecule has 0 fully saturated rings. The van der Waals surface area contributed by atoms with Gasteiger partial charge in [0.1, 0.15) is 11.4 Å². The molecule has 0 spiro atoms. The predicted molar refractivity (Wildman–Crippen MR) is 129 cm³/mol. The maximum atomic E-state index is 13.3. The second-order valence-electron chi connectivity index (χ2n) is 8.48. The fraction of sp³-hybridized carbons (Fsp3) is 0.360. The Balaban J connectivity index is 2.22. The highest BCUT2D eigenvalue weighted by atomic mass is 16.6. The number of aliphatic carboxylic acids is 1. The molecular weight excluding hydrogens is 438 g/mol. The van der Waals surface area contributed by atoms with Crippen LogP contribution in [0.25, 0.3) is 0 Å². The van der Waals surface area contributed by atoms with E-state index in [1.54, 1.807) is 63.5 Å². The summed E-state index contributed by atoms with van der Waals surface area (Å²) in [5.41, 5.74) is 1.49. The van der Waals surface area contributed by atoms with Gasteiger partial charge in [-0.1, -0.05) is 19.1 Å². The standard InChI is InChI=1S/C25H31N3O6/c1-5-17-10-12-26-13-11-19(14-17)28-23(31)21(15-27-24(32)34-25(2,3)4)18-6-8-20(9-7-18)33-16-22(29)30/h6-14,21H,5,15-16H2,1-4H3,(H,27,32)(H,28,31)(H,29,30)/b12-10?,13-11?,17-10?,17-14?,19-11+,19-14?,26-12?,26-13?. The van der Waals surface area contributed by atoms with Crippen LogP contribution < -0.4 is 15.4 Å². The average Bonchev–Trinajstić information content (AvgIpc) is 2.73. The molecule has 1 atom stereocenters. The van der Waals surface area contributed by atoms with Crippen molar-refractivity contribution in [3.05, 3.63) is 65.5 Å². The molecule has 0 radical (unpaired) electrons. The molecule has 0 bridgehead atoms. The summed E-state index contributed by atoms with van der Waals surface area (Å²) in [6.07, 6.45) is 8.82. The van der Waals surface area contributed by atoms with Gasteiger partial charge in [-0.3, -0.25) is 9.79 Å². The molecule has 1 heterocycles. The Morgan fingerprint density at radius 1 is 1.15 bits per heavy atom. The minimum Gasteiger partial charge on any atom is -0.482 e. The van der Waals surface area contributed by atoms with Gasteiger partial charge in [-0.2, -0.15) is 0 Å². The topological polar surface area (TPSA) is 126 Å². The lowest BCUT2D eigenvalue weighted by Gasteiger charge is -2.22. The largest absolute Gasteiger partial charge is 0.482 e. The fourth-order valence-corrected chi connectivity index (χ4v) is 2.94. The summed E-state index contributed by atoms with van der Waals surface area (Å²) in [7, 11) is 0. The van der Waals surface area contributed by atoms with Crippen LogP contribution in [-0.4, -0.2) is 48.0 Å². The average molecular weight is 470 g/mol. The highest BCUT2D eigenvalue weighted by Crippen LogP contribution is 2.21. The minimum atomic E-state index is -1.09. The van der Waals surface area contributed by atoms with Crippen LogP contribution in [0.1, 0.15) is 45.6 Å². The van der Waals surface area contributed by atoms with E-state index in [2.05, 4.69) is 15.6 Å². The number of rotatable bonds is 9. The number of hydrogen-bond donors (Lipinski definition) is 3. The number of carbonyl (C=O) groups excluding carboxylic acids is 2. The number of carbonyl (C=O) groups is 3.